The van der Waals surface area contributed by atoms with Gasteiger partial charge in [0.25, 0.3) is 0 Å². The van der Waals surface area contributed by atoms with E-state index in [-0.39, 0.29) is 11.5 Å². The molecule has 1 nitrogen and oxygen atoms in total. The van der Waals surface area contributed by atoms with Crippen molar-refractivity contribution < 1.29 is 5.11 Å². The van der Waals surface area contributed by atoms with Gasteiger partial charge in [0.15, 0.2) is 0 Å². The topological polar surface area (TPSA) is 20.2 Å². The van der Waals surface area contributed by atoms with Crippen LogP contribution in [0.4, 0.5) is 0 Å². The van der Waals surface area contributed by atoms with Gasteiger partial charge < -0.3 is 5.11 Å². The van der Waals surface area contributed by atoms with E-state index in [2.05, 4.69) is 13.5 Å². The summed E-state index contributed by atoms with van der Waals surface area (Å²) in [6.07, 6.45) is 4.30. The van der Waals surface area contributed by atoms with Crippen LogP contribution in [0.1, 0.15) is 39.5 Å². The van der Waals surface area contributed by atoms with E-state index in [0.29, 0.717) is 0 Å². The lowest BCUT2D eigenvalue weighted by atomic mass is 9.69. The van der Waals surface area contributed by atoms with Crippen molar-refractivity contribution in [3.8, 4) is 0 Å². The Kier molecular flexibility index (Phi) is 2.38. The molecule has 64 valence electrons. The highest BCUT2D eigenvalue weighted by molar-refractivity contribution is 5.09. The first-order valence-electron chi connectivity index (χ1n) is 4.41. The van der Waals surface area contributed by atoms with Crippen LogP contribution < -0.4 is 0 Å². The summed E-state index contributed by atoms with van der Waals surface area (Å²) in [6.45, 7) is 8.09. The van der Waals surface area contributed by atoms with E-state index in [1.165, 1.54) is 12.8 Å². The summed E-state index contributed by atoms with van der Waals surface area (Å²) in [5.74, 6) is 0. The molecule has 0 aromatic rings. The van der Waals surface area contributed by atoms with Crippen LogP contribution in [0.25, 0.3) is 0 Å². The number of aliphatic hydroxyl groups excluding tert-OH is 1. The Bertz CT molecular complexity index is 162. The lowest BCUT2D eigenvalue weighted by molar-refractivity contribution is 0.0256. The molecule has 2 atom stereocenters. The van der Waals surface area contributed by atoms with Gasteiger partial charge in [0.2, 0.25) is 0 Å². The fourth-order valence-corrected chi connectivity index (χ4v) is 1.81. The first-order chi connectivity index (χ1) is 5.07. The monoisotopic (exact) mass is 154 g/mol. The minimum atomic E-state index is -0.159. The van der Waals surface area contributed by atoms with Crippen molar-refractivity contribution >= 4 is 0 Å². The second-order valence-corrected chi connectivity index (χ2v) is 3.96. The zero-order valence-corrected chi connectivity index (χ0v) is 7.56. The second-order valence-electron chi connectivity index (χ2n) is 3.96. The van der Waals surface area contributed by atoms with Crippen LogP contribution >= 0.6 is 0 Å². The molecule has 1 aliphatic carbocycles. The second kappa shape index (κ2) is 2.98. The summed E-state index contributed by atoms with van der Waals surface area (Å²) in [6, 6.07) is 0. The molecule has 0 aromatic carbocycles. The van der Waals surface area contributed by atoms with E-state index in [9.17, 15) is 5.11 Å². The molecule has 0 unspecified atom stereocenters. The molecule has 0 radical (unpaired) electrons. The van der Waals surface area contributed by atoms with Crippen molar-refractivity contribution in [3.05, 3.63) is 12.2 Å². The fourth-order valence-electron chi connectivity index (χ4n) is 1.81. The third-order valence-electron chi connectivity index (χ3n) is 3.13. The number of aliphatic hydroxyl groups is 1. The third-order valence-corrected chi connectivity index (χ3v) is 3.13. The van der Waals surface area contributed by atoms with Gasteiger partial charge in [-0.15, -0.1) is 0 Å². The highest BCUT2D eigenvalue weighted by Gasteiger charge is 2.35. The van der Waals surface area contributed by atoms with Crippen molar-refractivity contribution in [3.63, 3.8) is 0 Å². The van der Waals surface area contributed by atoms with Gasteiger partial charge in [0.05, 0.1) is 6.10 Å². The van der Waals surface area contributed by atoms with Crippen LogP contribution in [0, 0.1) is 5.41 Å². The predicted octanol–water partition coefficient (Wildman–Crippen LogP) is 2.50. The largest absolute Gasteiger partial charge is 0.392 e. The molecule has 1 aliphatic rings. The van der Waals surface area contributed by atoms with Crippen molar-refractivity contribution in [2.24, 2.45) is 5.41 Å². The van der Waals surface area contributed by atoms with Crippen LogP contribution in [-0.2, 0) is 0 Å². The van der Waals surface area contributed by atoms with Crippen molar-refractivity contribution in [1.29, 1.82) is 0 Å². The lowest BCUT2D eigenvalue weighted by Crippen LogP contribution is -2.36. The maximum atomic E-state index is 9.74. The van der Waals surface area contributed by atoms with Crippen molar-refractivity contribution in [2.75, 3.05) is 0 Å². The highest BCUT2D eigenvalue weighted by atomic mass is 16.3. The van der Waals surface area contributed by atoms with Gasteiger partial charge in [-0.25, -0.2) is 0 Å². The normalized spacial score (nSPS) is 38.6. The molecule has 1 saturated carbocycles. The Morgan fingerprint density at radius 1 is 1.55 bits per heavy atom. The summed E-state index contributed by atoms with van der Waals surface area (Å²) in [5.41, 5.74) is 1.13. The first kappa shape index (κ1) is 8.79. The standard InChI is InChI=1S/C10H18O/c1-8(2)10(3)7-5-4-6-9(10)11/h9,11H,1,4-7H2,2-3H3/t9-,10+/m0/s1. The summed E-state index contributed by atoms with van der Waals surface area (Å²) in [4.78, 5) is 0. The highest BCUT2D eigenvalue weighted by Crippen LogP contribution is 2.41. The first-order valence-corrected chi connectivity index (χ1v) is 4.41. The van der Waals surface area contributed by atoms with Gasteiger partial charge in [-0.05, 0) is 19.8 Å². The van der Waals surface area contributed by atoms with E-state index >= 15 is 0 Å². The molecule has 1 fully saturated rings. The average molecular weight is 154 g/mol. The fraction of sp³-hybridized carbons (Fsp3) is 0.800. The minimum Gasteiger partial charge on any atom is -0.392 e. The molecule has 0 heterocycles. The van der Waals surface area contributed by atoms with Crippen LogP contribution in [0.3, 0.4) is 0 Å². The van der Waals surface area contributed by atoms with E-state index in [4.69, 9.17) is 0 Å². The van der Waals surface area contributed by atoms with Crippen molar-refractivity contribution in [1.82, 2.24) is 0 Å². The SMILES string of the molecule is C=C(C)[C@@]1(C)CCCC[C@@H]1O. The molecule has 0 aromatic heterocycles. The summed E-state index contributed by atoms with van der Waals surface area (Å²) >= 11 is 0. The maximum Gasteiger partial charge on any atom is 0.0630 e. The number of hydrogen-bond donors (Lipinski definition) is 1. The van der Waals surface area contributed by atoms with Crippen LogP contribution in [-0.4, -0.2) is 11.2 Å². The third kappa shape index (κ3) is 1.48. The number of rotatable bonds is 1. The molecule has 0 amide bonds. The van der Waals surface area contributed by atoms with Gasteiger partial charge in [0, 0.05) is 5.41 Å². The smallest absolute Gasteiger partial charge is 0.0630 e. The Labute approximate surface area is 69.1 Å². The zero-order chi connectivity index (χ0) is 8.48. The maximum absolute atomic E-state index is 9.74. The molecule has 1 heteroatoms. The van der Waals surface area contributed by atoms with Gasteiger partial charge in [-0.2, -0.15) is 0 Å². The summed E-state index contributed by atoms with van der Waals surface area (Å²) < 4.78 is 0. The van der Waals surface area contributed by atoms with E-state index in [1.54, 1.807) is 0 Å². The Morgan fingerprint density at radius 3 is 2.55 bits per heavy atom. The summed E-state index contributed by atoms with van der Waals surface area (Å²) in [5, 5.41) is 9.74. The molecule has 1 rings (SSSR count). The Hall–Kier alpha value is -0.300. The molecule has 0 saturated heterocycles. The van der Waals surface area contributed by atoms with E-state index in [1.807, 2.05) is 6.92 Å². The quantitative estimate of drug-likeness (QED) is 0.575. The molecule has 0 spiro atoms. The van der Waals surface area contributed by atoms with Gasteiger partial charge in [0.1, 0.15) is 0 Å². The van der Waals surface area contributed by atoms with E-state index < -0.39 is 0 Å². The molecular formula is C10H18O. The average Bonchev–Trinajstić information content (AvgIpc) is 1.95. The van der Waals surface area contributed by atoms with Gasteiger partial charge in [-0.3, -0.25) is 0 Å². The van der Waals surface area contributed by atoms with Gasteiger partial charge >= 0.3 is 0 Å². The molecule has 0 aliphatic heterocycles. The molecule has 0 bridgehead atoms. The number of hydrogen-bond acceptors (Lipinski definition) is 1. The molecule has 1 N–H and O–H groups in total. The van der Waals surface area contributed by atoms with E-state index in [0.717, 1.165) is 18.4 Å². The van der Waals surface area contributed by atoms with Crippen LogP contribution in [0.2, 0.25) is 0 Å². The molecular weight excluding hydrogens is 136 g/mol. The van der Waals surface area contributed by atoms with Gasteiger partial charge in [-0.1, -0.05) is 31.9 Å². The Morgan fingerprint density at radius 2 is 2.18 bits per heavy atom. The summed E-state index contributed by atoms with van der Waals surface area (Å²) in [7, 11) is 0. The lowest BCUT2D eigenvalue weighted by Gasteiger charge is -2.39. The molecule has 11 heavy (non-hydrogen) atoms. The van der Waals surface area contributed by atoms with Crippen LogP contribution in [0.15, 0.2) is 12.2 Å². The zero-order valence-electron chi connectivity index (χ0n) is 7.56. The Balaban J connectivity index is 2.72. The van der Waals surface area contributed by atoms with Crippen LogP contribution in [0.5, 0.6) is 0 Å². The minimum absolute atomic E-state index is 0.00174. The predicted molar refractivity (Wildman–Crippen MR) is 47.4 cm³/mol. The van der Waals surface area contributed by atoms with Crippen molar-refractivity contribution in [2.45, 2.75) is 45.6 Å².